The van der Waals surface area contributed by atoms with Crippen LogP contribution < -0.4 is 14.8 Å². The fourth-order valence-electron chi connectivity index (χ4n) is 2.75. The van der Waals surface area contributed by atoms with Gasteiger partial charge in [0.25, 0.3) is 0 Å². The van der Waals surface area contributed by atoms with Crippen LogP contribution in [0.1, 0.15) is 18.4 Å². The third-order valence-corrected chi connectivity index (χ3v) is 4.76. The summed E-state index contributed by atoms with van der Waals surface area (Å²) in [6, 6.07) is 3.95. The van der Waals surface area contributed by atoms with E-state index in [-0.39, 0.29) is 0 Å². The molecule has 0 amide bonds. The smallest absolute Gasteiger partial charge is 0.162 e. The Morgan fingerprint density at radius 2 is 2.00 bits per heavy atom. The van der Waals surface area contributed by atoms with Gasteiger partial charge in [0, 0.05) is 43.8 Å². The third kappa shape index (κ3) is 4.28. The Bertz CT molecular complexity index is 500. The standard InChI is InChI=1S/C17H25ClN2O2/c1-21-16-10-14(4-7-20-8-5-19-6-9-20)15(18)11-17(16)22-12-13-2-3-13/h10-11,13,19H,2-9,12H2,1H3. The van der Waals surface area contributed by atoms with E-state index in [2.05, 4.69) is 10.2 Å². The number of hydrogen-bond acceptors (Lipinski definition) is 4. The molecule has 0 aromatic heterocycles. The lowest BCUT2D eigenvalue weighted by molar-refractivity contribution is 0.243. The van der Waals surface area contributed by atoms with E-state index >= 15 is 0 Å². The molecule has 0 unspecified atom stereocenters. The molecule has 1 aliphatic carbocycles. The molecule has 5 heteroatoms. The summed E-state index contributed by atoms with van der Waals surface area (Å²) in [5, 5.41) is 4.15. The molecule has 1 aromatic carbocycles. The zero-order chi connectivity index (χ0) is 15.4. The number of nitrogens with zero attached hydrogens (tertiary/aromatic N) is 1. The van der Waals surface area contributed by atoms with E-state index in [4.69, 9.17) is 21.1 Å². The average molecular weight is 325 g/mol. The second-order valence-corrected chi connectivity index (χ2v) is 6.60. The van der Waals surface area contributed by atoms with Crippen LogP contribution in [0.4, 0.5) is 0 Å². The molecule has 1 heterocycles. The number of piperazine rings is 1. The molecule has 2 fully saturated rings. The largest absolute Gasteiger partial charge is 0.493 e. The number of nitrogens with one attached hydrogen (secondary N) is 1. The Balaban J connectivity index is 1.62. The van der Waals surface area contributed by atoms with Crippen molar-refractivity contribution in [2.24, 2.45) is 5.92 Å². The Kier molecular flexibility index (Phi) is 5.45. The van der Waals surface area contributed by atoms with E-state index in [0.717, 1.165) is 73.8 Å². The maximum Gasteiger partial charge on any atom is 0.162 e. The second kappa shape index (κ2) is 7.53. The summed E-state index contributed by atoms with van der Waals surface area (Å²) < 4.78 is 11.3. The number of halogens is 1. The Morgan fingerprint density at radius 3 is 2.68 bits per heavy atom. The number of ether oxygens (including phenoxy) is 2. The number of hydrogen-bond donors (Lipinski definition) is 1. The molecule has 1 N–H and O–H groups in total. The molecular weight excluding hydrogens is 300 g/mol. The number of benzene rings is 1. The summed E-state index contributed by atoms with van der Waals surface area (Å²) in [4.78, 5) is 2.47. The molecule has 2 aliphatic rings. The quantitative estimate of drug-likeness (QED) is 0.836. The molecule has 1 saturated heterocycles. The molecule has 4 nitrogen and oxygen atoms in total. The van der Waals surface area contributed by atoms with Gasteiger partial charge in [0.2, 0.25) is 0 Å². The van der Waals surface area contributed by atoms with Crippen molar-refractivity contribution >= 4 is 11.6 Å². The molecule has 0 radical (unpaired) electrons. The lowest BCUT2D eigenvalue weighted by atomic mass is 10.1. The van der Waals surface area contributed by atoms with Crippen LogP contribution >= 0.6 is 11.6 Å². The maximum atomic E-state index is 6.44. The van der Waals surface area contributed by atoms with Crippen LogP contribution in [0.25, 0.3) is 0 Å². The first-order valence-corrected chi connectivity index (χ1v) is 8.56. The van der Waals surface area contributed by atoms with Gasteiger partial charge in [-0.2, -0.15) is 0 Å². The summed E-state index contributed by atoms with van der Waals surface area (Å²) >= 11 is 6.44. The van der Waals surface area contributed by atoms with E-state index in [1.165, 1.54) is 12.8 Å². The van der Waals surface area contributed by atoms with Crippen molar-refractivity contribution < 1.29 is 9.47 Å². The summed E-state index contributed by atoms with van der Waals surface area (Å²) in [6.45, 7) is 6.17. The molecule has 0 spiro atoms. The van der Waals surface area contributed by atoms with E-state index in [1.807, 2.05) is 12.1 Å². The van der Waals surface area contributed by atoms with E-state index in [9.17, 15) is 0 Å². The second-order valence-electron chi connectivity index (χ2n) is 6.19. The van der Waals surface area contributed by atoms with Crippen LogP contribution in [0.15, 0.2) is 12.1 Å². The van der Waals surface area contributed by atoms with Crippen LogP contribution in [0.2, 0.25) is 5.02 Å². The van der Waals surface area contributed by atoms with Gasteiger partial charge in [-0.15, -0.1) is 0 Å². The van der Waals surface area contributed by atoms with Crippen molar-refractivity contribution in [3.05, 3.63) is 22.7 Å². The van der Waals surface area contributed by atoms with Crippen molar-refractivity contribution in [2.45, 2.75) is 19.3 Å². The fourth-order valence-corrected chi connectivity index (χ4v) is 2.99. The average Bonchev–Trinajstić information content (AvgIpc) is 3.37. The maximum absolute atomic E-state index is 6.44. The lowest BCUT2D eigenvalue weighted by Gasteiger charge is -2.27. The van der Waals surface area contributed by atoms with Crippen LogP contribution in [0.5, 0.6) is 11.5 Å². The molecule has 1 aliphatic heterocycles. The van der Waals surface area contributed by atoms with Gasteiger partial charge in [-0.1, -0.05) is 11.6 Å². The summed E-state index contributed by atoms with van der Waals surface area (Å²) in [5.41, 5.74) is 1.14. The first kappa shape index (κ1) is 15.9. The first-order valence-electron chi connectivity index (χ1n) is 8.18. The number of methoxy groups -OCH3 is 1. The number of rotatable bonds is 7. The van der Waals surface area contributed by atoms with Crippen LogP contribution in [-0.2, 0) is 6.42 Å². The summed E-state index contributed by atoms with van der Waals surface area (Å²) in [5.74, 6) is 2.28. The van der Waals surface area contributed by atoms with Gasteiger partial charge >= 0.3 is 0 Å². The molecule has 22 heavy (non-hydrogen) atoms. The van der Waals surface area contributed by atoms with Gasteiger partial charge in [0.05, 0.1) is 13.7 Å². The Morgan fingerprint density at radius 1 is 1.23 bits per heavy atom. The van der Waals surface area contributed by atoms with Crippen LogP contribution in [0, 0.1) is 5.92 Å². The van der Waals surface area contributed by atoms with Gasteiger partial charge in [-0.25, -0.2) is 0 Å². The molecular formula is C17H25ClN2O2. The van der Waals surface area contributed by atoms with Gasteiger partial charge in [-0.3, -0.25) is 0 Å². The minimum absolute atomic E-state index is 0.718. The third-order valence-electron chi connectivity index (χ3n) is 4.41. The molecule has 0 atom stereocenters. The molecule has 0 bridgehead atoms. The van der Waals surface area contributed by atoms with E-state index in [0.29, 0.717) is 0 Å². The van der Waals surface area contributed by atoms with Crippen molar-refractivity contribution in [1.29, 1.82) is 0 Å². The molecule has 1 saturated carbocycles. The van der Waals surface area contributed by atoms with Gasteiger partial charge in [0.1, 0.15) is 0 Å². The highest BCUT2D eigenvalue weighted by Gasteiger charge is 2.23. The SMILES string of the molecule is COc1cc(CCN2CCNCC2)c(Cl)cc1OCC1CC1. The predicted octanol–water partition coefficient (Wildman–Crippen LogP) is 2.59. The van der Waals surface area contributed by atoms with Crippen molar-refractivity contribution in [1.82, 2.24) is 10.2 Å². The molecule has 3 rings (SSSR count). The van der Waals surface area contributed by atoms with Crippen molar-refractivity contribution in [3.63, 3.8) is 0 Å². The highest BCUT2D eigenvalue weighted by molar-refractivity contribution is 6.31. The minimum Gasteiger partial charge on any atom is -0.493 e. The predicted molar refractivity (Wildman–Crippen MR) is 89.2 cm³/mol. The normalized spacial score (nSPS) is 19.2. The van der Waals surface area contributed by atoms with E-state index in [1.54, 1.807) is 7.11 Å². The Hall–Kier alpha value is -0.970. The molecule has 1 aromatic rings. The lowest BCUT2D eigenvalue weighted by Crippen LogP contribution is -2.44. The van der Waals surface area contributed by atoms with Gasteiger partial charge in [0.15, 0.2) is 11.5 Å². The highest BCUT2D eigenvalue weighted by Crippen LogP contribution is 2.36. The van der Waals surface area contributed by atoms with Crippen molar-refractivity contribution in [2.75, 3.05) is 46.4 Å². The zero-order valence-corrected chi connectivity index (χ0v) is 14.0. The topological polar surface area (TPSA) is 33.7 Å². The minimum atomic E-state index is 0.718. The monoisotopic (exact) mass is 324 g/mol. The Labute approximate surface area is 137 Å². The highest BCUT2D eigenvalue weighted by atomic mass is 35.5. The zero-order valence-electron chi connectivity index (χ0n) is 13.2. The van der Waals surface area contributed by atoms with Gasteiger partial charge < -0.3 is 19.7 Å². The summed E-state index contributed by atoms with van der Waals surface area (Å²) in [7, 11) is 1.69. The van der Waals surface area contributed by atoms with E-state index < -0.39 is 0 Å². The van der Waals surface area contributed by atoms with Crippen LogP contribution in [0.3, 0.4) is 0 Å². The van der Waals surface area contributed by atoms with Crippen LogP contribution in [-0.4, -0.2) is 51.3 Å². The first-order chi connectivity index (χ1) is 10.8. The molecule has 122 valence electrons. The van der Waals surface area contributed by atoms with Crippen molar-refractivity contribution in [3.8, 4) is 11.5 Å². The fraction of sp³-hybridized carbons (Fsp3) is 0.647. The summed E-state index contributed by atoms with van der Waals surface area (Å²) in [6.07, 6.45) is 3.50. The van der Waals surface area contributed by atoms with Gasteiger partial charge in [-0.05, 0) is 36.8 Å².